The summed E-state index contributed by atoms with van der Waals surface area (Å²) in [5.74, 6) is -2.88. The van der Waals surface area contributed by atoms with Crippen LogP contribution in [0.15, 0.2) is 41.5 Å². The Labute approximate surface area is 169 Å². The summed E-state index contributed by atoms with van der Waals surface area (Å²) in [6, 6.07) is 8.11. The van der Waals surface area contributed by atoms with Crippen LogP contribution in [0.25, 0.3) is 10.1 Å². The average molecular weight is 416 g/mol. The molecule has 10 heteroatoms. The van der Waals surface area contributed by atoms with E-state index in [1.54, 1.807) is 36.5 Å². The number of alkyl halides is 2. The number of amidine groups is 1. The fraction of sp³-hybridized carbons (Fsp3) is 0.263. The minimum atomic E-state index is -2.69. The molecule has 0 bridgehead atoms. The summed E-state index contributed by atoms with van der Waals surface area (Å²) in [7, 11) is 1.53. The third kappa shape index (κ3) is 3.63. The van der Waals surface area contributed by atoms with Crippen LogP contribution in [0.5, 0.6) is 0 Å². The van der Waals surface area contributed by atoms with Gasteiger partial charge in [0.25, 0.3) is 11.8 Å². The van der Waals surface area contributed by atoms with E-state index in [2.05, 4.69) is 14.3 Å². The lowest BCUT2D eigenvalue weighted by Crippen LogP contribution is -2.51. The number of fused-ring (bicyclic) bond motifs is 1. The molecule has 29 heavy (non-hydrogen) atoms. The molecule has 1 saturated carbocycles. The highest BCUT2D eigenvalue weighted by Gasteiger charge is 2.48. The Kier molecular flexibility index (Phi) is 4.65. The number of aliphatic imine (C=N–C) groups is 1. The van der Waals surface area contributed by atoms with Crippen LogP contribution < -0.4 is 11.5 Å². The molecule has 150 valence electrons. The molecule has 3 aromatic rings. The molecule has 0 saturated heterocycles. The van der Waals surface area contributed by atoms with Crippen molar-refractivity contribution >= 4 is 44.7 Å². The van der Waals surface area contributed by atoms with Gasteiger partial charge in [0, 0.05) is 37.5 Å². The number of carbonyl (C=O) groups is 1. The highest BCUT2D eigenvalue weighted by Crippen LogP contribution is 2.40. The summed E-state index contributed by atoms with van der Waals surface area (Å²) in [6.45, 7) is 0. The van der Waals surface area contributed by atoms with Crippen molar-refractivity contribution in [2.75, 3.05) is 12.8 Å². The SMILES string of the molecule is CN(C(=O)c1nsc2cc(N=C(N)c3ncccc3N)ccc12)C1CC(F)(F)C1. The number of nitrogens with two attached hydrogens (primary N) is 2. The van der Waals surface area contributed by atoms with Crippen LogP contribution in [0.3, 0.4) is 0 Å². The first kappa shape index (κ1) is 19.2. The number of hydrogen-bond donors (Lipinski definition) is 2. The number of nitrogen functional groups attached to an aromatic ring is 1. The van der Waals surface area contributed by atoms with Crippen LogP contribution in [0, 0.1) is 0 Å². The number of aromatic nitrogens is 2. The number of benzene rings is 1. The number of hydrogen-bond acceptors (Lipinski definition) is 6. The van der Waals surface area contributed by atoms with Crippen LogP contribution >= 0.6 is 11.5 Å². The standard InChI is InChI=1S/C19H18F2N6OS/c1-27(11-8-19(20,21)9-11)18(28)15-12-5-4-10(7-14(12)29-26-15)25-17(23)16-13(22)3-2-6-24-16/h2-7,11H,8-9,22H2,1H3,(H2,23,25). The van der Waals surface area contributed by atoms with Gasteiger partial charge in [-0.05, 0) is 41.9 Å². The van der Waals surface area contributed by atoms with Crippen LogP contribution in [-0.2, 0) is 0 Å². The molecule has 1 aliphatic carbocycles. The van der Waals surface area contributed by atoms with Gasteiger partial charge >= 0.3 is 0 Å². The van der Waals surface area contributed by atoms with Crippen molar-refractivity contribution < 1.29 is 13.6 Å². The maximum Gasteiger partial charge on any atom is 0.274 e. The Morgan fingerprint density at radius 1 is 1.31 bits per heavy atom. The van der Waals surface area contributed by atoms with Crippen molar-refractivity contribution in [1.29, 1.82) is 0 Å². The molecule has 0 aliphatic heterocycles. The van der Waals surface area contributed by atoms with Gasteiger partial charge in [-0.3, -0.25) is 9.78 Å². The maximum atomic E-state index is 13.1. The van der Waals surface area contributed by atoms with Crippen LogP contribution in [0.2, 0.25) is 0 Å². The molecular weight excluding hydrogens is 398 g/mol. The van der Waals surface area contributed by atoms with E-state index in [1.807, 2.05) is 0 Å². The van der Waals surface area contributed by atoms with E-state index in [1.165, 1.54) is 11.9 Å². The Morgan fingerprint density at radius 2 is 2.07 bits per heavy atom. The molecule has 4 N–H and O–H groups in total. The van der Waals surface area contributed by atoms with Crippen molar-refractivity contribution in [2.45, 2.75) is 24.8 Å². The molecule has 1 aliphatic rings. The smallest absolute Gasteiger partial charge is 0.274 e. The van der Waals surface area contributed by atoms with E-state index in [4.69, 9.17) is 11.5 Å². The zero-order chi connectivity index (χ0) is 20.8. The van der Waals surface area contributed by atoms with Crippen LogP contribution in [0.1, 0.15) is 29.0 Å². The molecule has 7 nitrogen and oxygen atoms in total. The van der Waals surface area contributed by atoms with Gasteiger partial charge in [-0.1, -0.05) is 0 Å². The molecule has 1 aromatic carbocycles. The first-order valence-corrected chi connectivity index (χ1v) is 9.62. The van der Waals surface area contributed by atoms with Gasteiger partial charge in [0.2, 0.25) is 0 Å². The Hall–Kier alpha value is -3.14. The Bertz CT molecular complexity index is 1120. The largest absolute Gasteiger partial charge is 0.397 e. The third-order valence-corrected chi connectivity index (χ3v) is 5.73. The number of halogens is 2. The lowest BCUT2D eigenvalue weighted by molar-refractivity contribution is -0.112. The zero-order valence-corrected chi connectivity index (χ0v) is 16.3. The predicted molar refractivity (Wildman–Crippen MR) is 109 cm³/mol. The topological polar surface area (TPSA) is 110 Å². The van der Waals surface area contributed by atoms with Gasteiger partial charge < -0.3 is 16.4 Å². The second-order valence-electron chi connectivity index (χ2n) is 6.98. The van der Waals surface area contributed by atoms with E-state index in [9.17, 15) is 13.6 Å². The normalized spacial score (nSPS) is 16.6. The van der Waals surface area contributed by atoms with Crippen molar-refractivity contribution in [3.63, 3.8) is 0 Å². The summed E-state index contributed by atoms with van der Waals surface area (Å²) < 4.78 is 31.2. The lowest BCUT2D eigenvalue weighted by atomic mass is 9.87. The van der Waals surface area contributed by atoms with Crippen LogP contribution in [-0.4, -0.2) is 45.0 Å². The minimum Gasteiger partial charge on any atom is -0.397 e. The molecule has 0 spiro atoms. The van der Waals surface area contributed by atoms with Gasteiger partial charge in [0.05, 0.1) is 16.1 Å². The highest BCUT2D eigenvalue weighted by atomic mass is 32.1. The van der Waals surface area contributed by atoms with E-state index in [0.29, 0.717) is 22.5 Å². The van der Waals surface area contributed by atoms with Crippen molar-refractivity contribution in [2.24, 2.45) is 10.7 Å². The Morgan fingerprint density at radius 3 is 2.76 bits per heavy atom. The van der Waals surface area contributed by atoms with Gasteiger partial charge in [-0.15, -0.1) is 0 Å². The highest BCUT2D eigenvalue weighted by molar-refractivity contribution is 7.13. The predicted octanol–water partition coefficient (Wildman–Crippen LogP) is 3.18. The molecule has 0 radical (unpaired) electrons. The van der Waals surface area contributed by atoms with E-state index in [-0.39, 0.29) is 30.3 Å². The number of carbonyl (C=O) groups excluding carboxylic acids is 1. The molecule has 4 rings (SSSR count). The van der Waals surface area contributed by atoms with Crippen molar-refractivity contribution in [1.82, 2.24) is 14.3 Å². The molecule has 1 amide bonds. The second-order valence-corrected chi connectivity index (χ2v) is 7.79. The molecular formula is C19H18F2N6OS. The van der Waals surface area contributed by atoms with E-state index < -0.39 is 12.0 Å². The average Bonchev–Trinajstić information content (AvgIpc) is 3.08. The van der Waals surface area contributed by atoms with Crippen LogP contribution in [0.4, 0.5) is 20.2 Å². The van der Waals surface area contributed by atoms with E-state index >= 15 is 0 Å². The quantitative estimate of drug-likeness (QED) is 0.501. The fourth-order valence-electron chi connectivity index (χ4n) is 3.21. The maximum absolute atomic E-state index is 13.1. The number of rotatable bonds is 4. The van der Waals surface area contributed by atoms with Crippen molar-refractivity contribution in [3.05, 3.63) is 47.9 Å². The van der Waals surface area contributed by atoms with Gasteiger partial charge in [-0.25, -0.2) is 13.8 Å². The Balaban J connectivity index is 1.59. The number of anilines is 1. The minimum absolute atomic E-state index is 0.175. The van der Waals surface area contributed by atoms with Gasteiger partial charge in [0.15, 0.2) is 5.84 Å². The van der Waals surface area contributed by atoms with Gasteiger partial charge in [0.1, 0.15) is 11.4 Å². The summed E-state index contributed by atoms with van der Waals surface area (Å²) in [4.78, 5) is 22.5. The third-order valence-electron chi connectivity index (χ3n) is 4.93. The molecule has 0 unspecified atom stereocenters. The summed E-state index contributed by atoms with van der Waals surface area (Å²) in [5, 5.41) is 0.646. The zero-order valence-electron chi connectivity index (χ0n) is 15.5. The number of pyridine rings is 1. The molecule has 2 aromatic heterocycles. The molecule has 0 atom stereocenters. The van der Waals surface area contributed by atoms with Gasteiger partial charge in [-0.2, -0.15) is 4.37 Å². The number of amides is 1. The first-order chi connectivity index (χ1) is 13.7. The van der Waals surface area contributed by atoms with Crippen molar-refractivity contribution in [3.8, 4) is 0 Å². The second kappa shape index (κ2) is 7.03. The molecule has 2 heterocycles. The summed E-state index contributed by atoms with van der Waals surface area (Å²) in [6.07, 6.45) is 0.949. The molecule has 1 fully saturated rings. The monoisotopic (exact) mass is 416 g/mol. The fourth-order valence-corrected chi connectivity index (χ4v) is 4.01. The lowest BCUT2D eigenvalue weighted by Gasteiger charge is -2.40. The first-order valence-electron chi connectivity index (χ1n) is 8.84. The summed E-state index contributed by atoms with van der Waals surface area (Å²) >= 11 is 1.14. The van der Waals surface area contributed by atoms with E-state index in [0.717, 1.165) is 16.2 Å². The summed E-state index contributed by atoms with van der Waals surface area (Å²) in [5.41, 5.74) is 13.5. The number of nitrogens with zero attached hydrogens (tertiary/aromatic N) is 4.